The summed E-state index contributed by atoms with van der Waals surface area (Å²) in [5.41, 5.74) is 2.82. The zero-order chi connectivity index (χ0) is 17.7. The summed E-state index contributed by atoms with van der Waals surface area (Å²) >= 11 is 6.05. The molecule has 0 atom stereocenters. The smallest absolute Gasteiger partial charge is 0.406 e. The van der Waals surface area contributed by atoms with Crippen molar-refractivity contribution in [1.29, 1.82) is 0 Å². The summed E-state index contributed by atoms with van der Waals surface area (Å²) in [5, 5.41) is 6.67. The number of rotatable bonds is 5. The minimum absolute atomic E-state index is 0.281. The first-order chi connectivity index (χ1) is 11.3. The van der Waals surface area contributed by atoms with Gasteiger partial charge in [-0.1, -0.05) is 29.8 Å². The highest BCUT2D eigenvalue weighted by atomic mass is 35.5. The van der Waals surface area contributed by atoms with E-state index in [1.54, 1.807) is 26.1 Å². The number of ether oxygens (including phenoxy) is 1. The quantitative estimate of drug-likeness (QED) is 0.744. The van der Waals surface area contributed by atoms with E-state index in [4.69, 9.17) is 11.6 Å². The van der Waals surface area contributed by atoms with E-state index in [1.165, 1.54) is 18.2 Å². The Kier molecular flexibility index (Phi) is 5.62. The van der Waals surface area contributed by atoms with Gasteiger partial charge in [0.25, 0.3) is 0 Å². The lowest BCUT2D eigenvalue weighted by molar-refractivity contribution is -0.274. The normalized spacial score (nSPS) is 12.4. The molecule has 0 amide bonds. The third-order valence-corrected chi connectivity index (χ3v) is 3.29. The monoisotopic (exact) mass is 356 g/mol. The molecule has 7 heteroatoms. The van der Waals surface area contributed by atoms with E-state index in [1.807, 2.05) is 18.2 Å². The van der Waals surface area contributed by atoms with Crippen LogP contribution in [0.4, 0.5) is 24.5 Å². The third-order valence-electron chi connectivity index (χ3n) is 3.10. The minimum atomic E-state index is -4.72. The summed E-state index contributed by atoms with van der Waals surface area (Å²) in [5.74, 6) is -0.281. The van der Waals surface area contributed by atoms with Gasteiger partial charge >= 0.3 is 6.36 Å². The highest BCUT2D eigenvalue weighted by Gasteiger charge is 2.31. The molecule has 0 heterocycles. The molecule has 2 aromatic rings. The number of benzene rings is 2. The fourth-order valence-electron chi connectivity index (χ4n) is 2.21. The Bertz CT molecular complexity index is 741. The van der Waals surface area contributed by atoms with Crippen molar-refractivity contribution >= 4 is 28.7 Å². The van der Waals surface area contributed by atoms with Crippen molar-refractivity contribution in [2.75, 3.05) is 12.4 Å². The Balaban J connectivity index is 2.23. The molecule has 3 nitrogen and oxygen atoms in total. The number of nitrogens with one attached hydrogen (secondary N) is 2. The summed E-state index contributed by atoms with van der Waals surface area (Å²) in [6.07, 6.45) is -4.72. The Morgan fingerprint density at radius 3 is 2.25 bits per heavy atom. The maximum Gasteiger partial charge on any atom is 0.573 e. The number of halogens is 4. The van der Waals surface area contributed by atoms with Crippen LogP contribution in [0.5, 0.6) is 5.75 Å². The summed E-state index contributed by atoms with van der Waals surface area (Å²) in [6.45, 7) is 1.77. The lowest BCUT2D eigenvalue weighted by Gasteiger charge is -2.13. The van der Waals surface area contributed by atoms with Gasteiger partial charge in [-0.3, -0.25) is 0 Å². The van der Waals surface area contributed by atoms with Gasteiger partial charge in [0.2, 0.25) is 0 Å². The van der Waals surface area contributed by atoms with E-state index in [0.717, 1.165) is 11.3 Å². The van der Waals surface area contributed by atoms with Gasteiger partial charge in [0, 0.05) is 35.1 Å². The first kappa shape index (κ1) is 18.0. The third kappa shape index (κ3) is 5.09. The number of hydrogen-bond donors (Lipinski definition) is 2. The van der Waals surface area contributed by atoms with Crippen LogP contribution in [0.3, 0.4) is 0 Å². The molecule has 0 unspecified atom stereocenters. The van der Waals surface area contributed by atoms with Gasteiger partial charge in [0.05, 0.1) is 5.70 Å². The van der Waals surface area contributed by atoms with Crippen molar-refractivity contribution in [1.82, 2.24) is 5.32 Å². The fourth-order valence-corrected chi connectivity index (χ4v) is 2.41. The van der Waals surface area contributed by atoms with E-state index in [9.17, 15) is 13.2 Å². The Hall–Kier alpha value is -2.34. The second kappa shape index (κ2) is 7.49. The Morgan fingerprint density at radius 1 is 1.04 bits per heavy atom. The number of anilines is 2. The first-order valence-electron chi connectivity index (χ1n) is 7.06. The zero-order valence-electron chi connectivity index (χ0n) is 13.0. The maximum atomic E-state index is 12.3. The molecule has 0 aliphatic rings. The van der Waals surface area contributed by atoms with Crippen LogP contribution in [0.15, 0.2) is 53.6 Å². The van der Waals surface area contributed by atoms with Crippen LogP contribution in [0.25, 0.3) is 5.70 Å². The van der Waals surface area contributed by atoms with Gasteiger partial charge < -0.3 is 15.4 Å². The second-order valence-corrected chi connectivity index (χ2v) is 5.51. The minimum Gasteiger partial charge on any atom is -0.406 e. The predicted molar refractivity (Wildman–Crippen MR) is 90.4 cm³/mol. The molecular weight excluding hydrogens is 341 g/mol. The van der Waals surface area contributed by atoms with Crippen molar-refractivity contribution < 1.29 is 17.9 Å². The van der Waals surface area contributed by atoms with E-state index < -0.39 is 6.36 Å². The van der Waals surface area contributed by atoms with Gasteiger partial charge in [0.15, 0.2) is 0 Å². The summed E-state index contributed by atoms with van der Waals surface area (Å²) in [6, 6.07) is 13.0. The fraction of sp³-hybridized carbons (Fsp3) is 0.176. The molecule has 0 saturated carbocycles. The van der Waals surface area contributed by atoms with E-state index in [2.05, 4.69) is 15.4 Å². The van der Waals surface area contributed by atoms with Crippen LogP contribution in [-0.2, 0) is 0 Å². The van der Waals surface area contributed by atoms with E-state index in [0.29, 0.717) is 16.4 Å². The molecule has 0 aliphatic carbocycles. The Morgan fingerprint density at radius 2 is 1.67 bits per heavy atom. The van der Waals surface area contributed by atoms with Crippen molar-refractivity contribution in [2.45, 2.75) is 13.3 Å². The van der Waals surface area contributed by atoms with E-state index in [-0.39, 0.29) is 5.75 Å². The van der Waals surface area contributed by atoms with Gasteiger partial charge in [-0.05, 0) is 31.2 Å². The van der Waals surface area contributed by atoms with Crippen LogP contribution in [0.2, 0.25) is 0 Å². The highest BCUT2D eigenvalue weighted by Crippen LogP contribution is 2.28. The molecule has 0 saturated heterocycles. The molecule has 2 rings (SSSR count). The van der Waals surface area contributed by atoms with Crippen molar-refractivity contribution in [3.8, 4) is 5.75 Å². The summed E-state index contributed by atoms with van der Waals surface area (Å²) in [4.78, 5) is 0. The molecule has 0 bridgehead atoms. The second-order valence-electron chi connectivity index (χ2n) is 4.94. The van der Waals surface area contributed by atoms with Crippen LogP contribution in [0.1, 0.15) is 12.5 Å². The van der Waals surface area contributed by atoms with Gasteiger partial charge in [-0.25, -0.2) is 0 Å². The van der Waals surface area contributed by atoms with Crippen LogP contribution >= 0.6 is 11.6 Å². The lowest BCUT2D eigenvalue weighted by Crippen LogP contribution is -2.17. The van der Waals surface area contributed by atoms with E-state index >= 15 is 0 Å². The standard InChI is InChI=1S/C17H16ClF3N2O/c1-11(18)16(22-2)12-5-3-6-13(9-12)23-14-7-4-8-15(10-14)24-17(19,20)21/h3-10,22-23H,1-2H3/b16-11+. The van der Waals surface area contributed by atoms with Crippen LogP contribution < -0.4 is 15.4 Å². The van der Waals surface area contributed by atoms with Crippen molar-refractivity contribution in [2.24, 2.45) is 0 Å². The predicted octanol–water partition coefficient (Wildman–Crippen LogP) is 5.48. The van der Waals surface area contributed by atoms with Gasteiger partial charge in [0.1, 0.15) is 5.75 Å². The first-order valence-corrected chi connectivity index (χ1v) is 7.43. The molecule has 2 N–H and O–H groups in total. The van der Waals surface area contributed by atoms with Gasteiger partial charge in [-0.2, -0.15) is 0 Å². The highest BCUT2D eigenvalue weighted by molar-refractivity contribution is 6.32. The summed E-state index contributed by atoms with van der Waals surface area (Å²) < 4.78 is 40.8. The molecule has 0 aromatic heterocycles. The molecule has 0 fully saturated rings. The van der Waals surface area contributed by atoms with Crippen LogP contribution in [0, 0.1) is 0 Å². The maximum absolute atomic E-state index is 12.3. The number of hydrogen-bond acceptors (Lipinski definition) is 3. The van der Waals surface area contributed by atoms with Crippen molar-refractivity contribution in [3.05, 3.63) is 59.1 Å². The Labute approximate surface area is 143 Å². The average Bonchev–Trinajstić information content (AvgIpc) is 2.46. The number of alkyl halides is 3. The molecule has 0 radical (unpaired) electrons. The SMILES string of the molecule is CN/C(=C(\C)Cl)c1cccc(Nc2cccc(OC(F)(F)F)c2)c1. The zero-order valence-corrected chi connectivity index (χ0v) is 13.8. The number of allylic oxidation sites excluding steroid dienone is 1. The topological polar surface area (TPSA) is 33.3 Å². The van der Waals surface area contributed by atoms with Crippen molar-refractivity contribution in [3.63, 3.8) is 0 Å². The average molecular weight is 357 g/mol. The lowest BCUT2D eigenvalue weighted by atomic mass is 10.1. The molecule has 24 heavy (non-hydrogen) atoms. The molecule has 128 valence electrons. The molecule has 0 spiro atoms. The molecule has 0 aliphatic heterocycles. The van der Waals surface area contributed by atoms with Crippen LogP contribution in [-0.4, -0.2) is 13.4 Å². The molecular formula is C17H16ClF3N2O. The van der Waals surface area contributed by atoms with Gasteiger partial charge in [-0.15, -0.1) is 13.2 Å². The molecule has 2 aromatic carbocycles. The largest absolute Gasteiger partial charge is 0.573 e. The summed E-state index contributed by atoms with van der Waals surface area (Å²) in [7, 11) is 1.76.